The summed E-state index contributed by atoms with van der Waals surface area (Å²) in [4.78, 5) is 21.9. The number of piperazine rings is 1. The van der Waals surface area contributed by atoms with Crippen LogP contribution < -0.4 is 0 Å². The average molecular weight is 456 g/mol. The minimum Gasteiger partial charge on any atom is -0.336 e. The number of hydrogen-bond donors (Lipinski definition) is 0. The van der Waals surface area contributed by atoms with E-state index < -0.39 is 0 Å². The van der Waals surface area contributed by atoms with Crippen LogP contribution >= 0.6 is 0 Å². The fourth-order valence-corrected chi connectivity index (χ4v) is 4.21. The molecular weight excluding hydrogens is 429 g/mol. The Labute approximate surface area is 198 Å². The van der Waals surface area contributed by atoms with Gasteiger partial charge in [-0.05, 0) is 48.9 Å². The fourth-order valence-electron chi connectivity index (χ4n) is 4.21. The third-order valence-electron chi connectivity index (χ3n) is 6.18. The molecule has 172 valence electrons. The lowest BCUT2D eigenvalue weighted by atomic mass is 10.1. The van der Waals surface area contributed by atoms with Crippen molar-refractivity contribution in [1.29, 1.82) is 0 Å². The van der Waals surface area contributed by atoms with Crippen molar-refractivity contribution in [3.63, 3.8) is 0 Å². The molecule has 1 fully saturated rings. The Morgan fingerprint density at radius 1 is 0.912 bits per heavy atom. The third-order valence-corrected chi connectivity index (χ3v) is 6.18. The van der Waals surface area contributed by atoms with Crippen LogP contribution in [0.2, 0.25) is 0 Å². The lowest BCUT2D eigenvalue weighted by Crippen LogP contribution is -2.48. The van der Waals surface area contributed by atoms with Crippen molar-refractivity contribution in [2.45, 2.75) is 13.5 Å². The summed E-state index contributed by atoms with van der Waals surface area (Å²) in [6.45, 7) is 5.79. The number of nitrogens with zero attached hydrogens (tertiary/aromatic N) is 5. The molecule has 34 heavy (non-hydrogen) atoms. The van der Waals surface area contributed by atoms with Crippen LogP contribution in [0.3, 0.4) is 0 Å². The number of amides is 1. The fraction of sp³-hybridized carbons (Fsp3) is 0.222. The maximum Gasteiger partial charge on any atom is 0.257 e. The summed E-state index contributed by atoms with van der Waals surface area (Å²) in [7, 11) is 0. The summed E-state index contributed by atoms with van der Waals surface area (Å²) in [6.07, 6.45) is 5.37. The van der Waals surface area contributed by atoms with Gasteiger partial charge < -0.3 is 4.90 Å². The molecule has 1 aliphatic rings. The van der Waals surface area contributed by atoms with E-state index in [0.29, 0.717) is 30.0 Å². The smallest absolute Gasteiger partial charge is 0.257 e. The van der Waals surface area contributed by atoms with Gasteiger partial charge in [0.15, 0.2) is 0 Å². The minimum atomic E-state index is -0.310. The van der Waals surface area contributed by atoms with E-state index in [2.05, 4.69) is 9.88 Å². The molecule has 0 saturated carbocycles. The molecule has 0 N–H and O–H groups in total. The molecule has 6 nitrogen and oxygen atoms in total. The minimum absolute atomic E-state index is 0.0347. The molecule has 7 heteroatoms. The number of pyridine rings is 1. The molecule has 1 amide bonds. The van der Waals surface area contributed by atoms with Gasteiger partial charge in [0.05, 0.1) is 11.3 Å². The zero-order chi connectivity index (χ0) is 23.5. The Kier molecular flexibility index (Phi) is 6.18. The second-order valence-corrected chi connectivity index (χ2v) is 8.60. The summed E-state index contributed by atoms with van der Waals surface area (Å²) < 4.78 is 15.1. The summed E-state index contributed by atoms with van der Waals surface area (Å²) in [6, 6.07) is 18.1. The summed E-state index contributed by atoms with van der Waals surface area (Å²) >= 11 is 0. The van der Waals surface area contributed by atoms with Gasteiger partial charge in [-0.3, -0.25) is 14.7 Å². The number of aromatic nitrogens is 3. The van der Waals surface area contributed by atoms with E-state index in [-0.39, 0.29) is 11.7 Å². The number of hydrogen-bond acceptors (Lipinski definition) is 4. The van der Waals surface area contributed by atoms with Gasteiger partial charge in [0, 0.05) is 56.9 Å². The first-order chi connectivity index (χ1) is 16.6. The molecule has 5 rings (SSSR count). The van der Waals surface area contributed by atoms with Gasteiger partial charge in [-0.15, -0.1) is 0 Å². The molecule has 1 saturated heterocycles. The van der Waals surface area contributed by atoms with E-state index in [0.717, 1.165) is 30.8 Å². The predicted molar refractivity (Wildman–Crippen MR) is 129 cm³/mol. The van der Waals surface area contributed by atoms with Crippen molar-refractivity contribution >= 4 is 5.91 Å². The van der Waals surface area contributed by atoms with E-state index in [4.69, 9.17) is 5.10 Å². The number of halogens is 1. The highest BCUT2D eigenvalue weighted by molar-refractivity contribution is 6.00. The Morgan fingerprint density at radius 3 is 2.26 bits per heavy atom. The van der Waals surface area contributed by atoms with E-state index in [9.17, 15) is 9.18 Å². The number of aryl methyl sites for hydroxylation is 1. The molecule has 0 radical (unpaired) electrons. The molecule has 1 aliphatic heterocycles. The SMILES string of the molecule is Cc1ccc(-c2nn(-c3ccc(F)cc3)cc2C(=O)N2CCN(Cc3ccncc3)CC2)cc1. The van der Waals surface area contributed by atoms with Crippen LogP contribution in [0.25, 0.3) is 16.9 Å². The van der Waals surface area contributed by atoms with Crippen molar-refractivity contribution in [1.82, 2.24) is 24.6 Å². The first-order valence-corrected chi connectivity index (χ1v) is 11.4. The van der Waals surface area contributed by atoms with Gasteiger partial charge in [0.25, 0.3) is 5.91 Å². The molecule has 0 atom stereocenters. The molecule has 2 aromatic carbocycles. The Morgan fingerprint density at radius 2 is 1.59 bits per heavy atom. The molecule has 2 aromatic heterocycles. The van der Waals surface area contributed by atoms with Crippen LogP contribution in [0.4, 0.5) is 4.39 Å². The van der Waals surface area contributed by atoms with Crippen molar-refractivity contribution < 1.29 is 9.18 Å². The first-order valence-electron chi connectivity index (χ1n) is 11.4. The molecule has 0 bridgehead atoms. The number of carbonyl (C=O) groups excluding carboxylic acids is 1. The van der Waals surface area contributed by atoms with Crippen LogP contribution in [0.15, 0.2) is 79.3 Å². The molecule has 3 heterocycles. The van der Waals surface area contributed by atoms with Crippen LogP contribution in [-0.4, -0.2) is 56.7 Å². The van der Waals surface area contributed by atoms with E-state index >= 15 is 0 Å². The molecule has 0 aliphatic carbocycles. The maximum absolute atomic E-state index is 13.6. The lowest BCUT2D eigenvalue weighted by Gasteiger charge is -2.34. The Bertz CT molecular complexity index is 1260. The average Bonchev–Trinajstić information content (AvgIpc) is 3.31. The Hall–Kier alpha value is -3.84. The topological polar surface area (TPSA) is 54.3 Å². The van der Waals surface area contributed by atoms with Crippen LogP contribution in [-0.2, 0) is 6.54 Å². The van der Waals surface area contributed by atoms with E-state index in [1.54, 1.807) is 35.4 Å². The van der Waals surface area contributed by atoms with Gasteiger partial charge in [0.1, 0.15) is 11.5 Å². The highest BCUT2D eigenvalue weighted by atomic mass is 19.1. The summed E-state index contributed by atoms with van der Waals surface area (Å²) in [5, 5.41) is 4.73. The van der Waals surface area contributed by atoms with Crippen LogP contribution in [0.5, 0.6) is 0 Å². The standard InChI is InChI=1S/C27H26FN5O/c1-20-2-4-22(5-3-20)26-25(19-33(30-26)24-8-6-23(28)7-9-24)27(34)32-16-14-31(15-17-32)18-21-10-12-29-13-11-21/h2-13,19H,14-18H2,1H3. The van der Waals surface area contributed by atoms with Crippen molar-refractivity contribution in [3.8, 4) is 16.9 Å². The molecule has 0 unspecified atom stereocenters. The van der Waals surface area contributed by atoms with Crippen LogP contribution in [0, 0.1) is 12.7 Å². The van der Waals surface area contributed by atoms with Gasteiger partial charge in [-0.1, -0.05) is 29.8 Å². The monoisotopic (exact) mass is 455 g/mol. The van der Waals surface area contributed by atoms with Crippen molar-refractivity contribution in [2.75, 3.05) is 26.2 Å². The van der Waals surface area contributed by atoms with Gasteiger partial charge in [-0.2, -0.15) is 5.10 Å². The largest absolute Gasteiger partial charge is 0.336 e. The molecule has 0 spiro atoms. The van der Waals surface area contributed by atoms with Gasteiger partial charge >= 0.3 is 0 Å². The van der Waals surface area contributed by atoms with Gasteiger partial charge in [-0.25, -0.2) is 9.07 Å². The van der Waals surface area contributed by atoms with Crippen molar-refractivity contribution in [3.05, 3.63) is 102 Å². The zero-order valence-corrected chi connectivity index (χ0v) is 19.1. The van der Waals surface area contributed by atoms with Gasteiger partial charge in [0.2, 0.25) is 0 Å². The first kappa shape index (κ1) is 22.0. The van der Waals surface area contributed by atoms with Crippen LogP contribution in [0.1, 0.15) is 21.5 Å². The Balaban J connectivity index is 1.39. The second-order valence-electron chi connectivity index (χ2n) is 8.60. The maximum atomic E-state index is 13.6. The third kappa shape index (κ3) is 4.75. The number of rotatable bonds is 5. The second kappa shape index (κ2) is 9.57. The number of carbonyl (C=O) groups is 1. The highest BCUT2D eigenvalue weighted by Crippen LogP contribution is 2.26. The molecule has 4 aromatic rings. The molecular formula is C27H26FN5O. The number of benzene rings is 2. The van der Waals surface area contributed by atoms with E-state index in [1.165, 1.54) is 17.7 Å². The van der Waals surface area contributed by atoms with Crippen molar-refractivity contribution in [2.24, 2.45) is 0 Å². The zero-order valence-electron chi connectivity index (χ0n) is 19.1. The normalized spacial score (nSPS) is 14.4. The highest BCUT2D eigenvalue weighted by Gasteiger charge is 2.26. The summed E-state index contributed by atoms with van der Waals surface area (Å²) in [5.74, 6) is -0.344. The van der Waals surface area contributed by atoms with E-state index in [1.807, 2.05) is 48.2 Å². The lowest BCUT2D eigenvalue weighted by molar-refractivity contribution is 0.0629. The summed E-state index contributed by atoms with van der Waals surface area (Å²) in [5.41, 5.74) is 5.13. The quantitative estimate of drug-likeness (QED) is 0.449. The predicted octanol–water partition coefficient (Wildman–Crippen LogP) is 4.34.